The van der Waals surface area contributed by atoms with Crippen LogP contribution in [0.25, 0.3) is 0 Å². The molecule has 0 atom stereocenters. The summed E-state index contributed by atoms with van der Waals surface area (Å²) in [7, 11) is 0. The number of ether oxygens (including phenoxy) is 1. The number of halogens is 2. The molecular formula is C13H10BrClO2. The van der Waals surface area contributed by atoms with Gasteiger partial charge in [-0.3, -0.25) is 0 Å². The Labute approximate surface area is 113 Å². The third-order valence-corrected chi connectivity index (χ3v) is 3.12. The van der Waals surface area contributed by atoms with Gasteiger partial charge in [0.05, 0.1) is 6.61 Å². The van der Waals surface area contributed by atoms with Crippen molar-refractivity contribution in [1.29, 1.82) is 0 Å². The van der Waals surface area contributed by atoms with Crippen LogP contribution in [-0.4, -0.2) is 5.11 Å². The first-order valence-corrected chi connectivity index (χ1v) is 6.19. The van der Waals surface area contributed by atoms with E-state index in [-0.39, 0.29) is 6.61 Å². The molecule has 88 valence electrons. The maximum absolute atomic E-state index is 9.00. The zero-order valence-electron chi connectivity index (χ0n) is 8.86. The van der Waals surface area contributed by atoms with Crippen LogP contribution in [0, 0.1) is 0 Å². The third kappa shape index (κ3) is 3.22. The minimum Gasteiger partial charge on any atom is -0.457 e. The van der Waals surface area contributed by atoms with E-state index in [1.807, 2.05) is 24.3 Å². The van der Waals surface area contributed by atoms with Gasteiger partial charge >= 0.3 is 0 Å². The van der Waals surface area contributed by atoms with E-state index < -0.39 is 0 Å². The van der Waals surface area contributed by atoms with Crippen molar-refractivity contribution in [2.45, 2.75) is 6.61 Å². The predicted octanol–water partition coefficient (Wildman–Crippen LogP) is 4.39. The minimum atomic E-state index is -0.0720. The van der Waals surface area contributed by atoms with Crippen molar-refractivity contribution in [1.82, 2.24) is 0 Å². The van der Waals surface area contributed by atoms with Gasteiger partial charge in [0.1, 0.15) is 11.5 Å². The molecule has 0 fully saturated rings. The van der Waals surface area contributed by atoms with Gasteiger partial charge in [-0.2, -0.15) is 0 Å². The SMILES string of the molecule is OCc1ccc(Oc2ccc(Br)cc2)cc1Cl. The molecule has 2 rings (SSSR count). The highest BCUT2D eigenvalue weighted by molar-refractivity contribution is 9.10. The van der Waals surface area contributed by atoms with Gasteiger partial charge in [-0.05, 0) is 42.0 Å². The second-order valence-corrected chi connectivity index (χ2v) is 4.79. The number of rotatable bonds is 3. The molecule has 2 aromatic carbocycles. The first kappa shape index (κ1) is 12.4. The lowest BCUT2D eigenvalue weighted by molar-refractivity contribution is 0.282. The summed E-state index contributed by atoms with van der Waals surface area (Å²) in [6, 6.07) is 12.7. The van der Waals surface area contributed by atoms with Gasteiger partial charge in [-0.15, -0.1) is 0 Å². The molecule has 17 heavy (non-hydrogen) atoms. The average Bonchev–Trinajstić information content (AvgIpc) is 2.32. The average molecular weight is 314 g/mol. The van der Waals surface area contributed by atoms with E-state index in [1.54, 1.807) is 18.2 Å². The summed E-state index contributed by atoms with van der Waals surface area (Å²) in [5, 5.41) is 9.50. The van der Waals surface area contributed by atoms with E-state index in [4.69, 9.17) is 21.4 Å². The van der Waals surface area contributed by atoms with Crippen molar-refractivity contribution in [2.75, 3.05) is 0 Å². The van der Waals surface area contributed by atoms with Crippen molar-refractivity contribution in [3.8, 4) is 11.5 Å². The Morgan fingerprint density at radius 1 is 1.06 bits per heavy atom. The van der Waals surface area contributed by atoms with Crippen molar-refractivity contribution in [3.05, 3.63) is 57.5 Å². The normalized spacial score (nSPS) is 10.3. The number of aliphatic hydroxyl groups is 1. The Hall–Kier alpha value is -1.03. The summed E-state index contributed by atoms with van der Waals surface area (Å²) >= 11 is 9.33. The van der Waals surface area contributed by atoms with Gasteiger partial charge in [-0.1, -0.05) is 33.6 Å². The molecule has 0 amide bonds. The monoisotopic (exact) mass is 312 g/mol. The molecule has 0 radical (unpaired) electrons. The van der Waals surface area contributed by atoms with Crippen molar-refractivity contribution >= 4 is 27.5 Å². The fourth-order valence-electron chi connectivity index (χ4n) is 1.36. The van der Waals surface area contributed by atoms with Crippen LogP contribution in [0.1, 0.15) is 5.56 Å². The van der Waals surface area contributed by atoms with E-state index >= 15 is 0 Å². The number of hydrogen-bond donors (Lipinski definition) is 1. The Morgan fingerprint density at radius 3 is 2.29 bits per heavy atom. The molecule has 0 spiro atoms. The summed E-state index contributed by atoms with van der Waals surface area (Å²) in [6.45, 7) is -0.0720. The summed E-state index contributed by atoms with van der Waals surface area (Å²) in [5.74, 6) is 1.38. The van der Waals surface area contributed by atoms with Gasteiger partial charge in [0.2, 0.25) is 0 Å². The van der Waals surface area contributed by atoms with Crippen LogP contribution in [0.3, 0.4) is 0 Å². The predicted molar refractivity (Wildman–Crippen MR) is 71.6 cm³/mol. The number of hydrogen-bond acceptors (Lipinski definition) is 2. The van der Waals surface area contributed by atoms with E-state index in [0.717, 1.165) is 10.2 Å². The van der Waals surface area contributed by atoms with Crippen LogP contribution in [0.15, 0.2) is 46.9 Å². The molecule has 0 aliphatic carbocycles. The summed E-state index contributed by atoms with van der Waals surface area (Å²) in [5.41, 5.74) is 0.690. The van der Waals surface area contributed by atoms with Crippen molar-refractivity contribution in [2.24, 2.45) is 0 Å². The first-order chi connectivity index (χ1) is 8.19. The second-order valence-electron chi connectivity index (χ2n) is 3.47. The van der Waals surface area contributed by atoms with Gasteiger partial charge in [0.15, 0.2) is 0 Å². The van der Waals surface area contributed by atoms with Crippen LogP contribution in [0.4, 0.5) is 0 Å². The standard InChI is InChI=1S/C13H10BrClO2/c14-10-2-5-11(6-3-10)17-12-4-1-9(8-16)13(15)7-12/h1-7,16H,8H2. The summed E-state index contributed by atoms with van der Waals surface area (Å²) in [4.78, 5) is 0. The minimum absolute atomic E-state index is 0.0720. The fraction of sp³-hybridized carbons (Fsp3) is 0.0769. The number of benzene rings is 2. The van der Waals surface area contributed by atoms with Crippen LogP contribution >= 0.6 is 27.5 Å². The Kier molecular flexibility index (Phi) is 4.05. The third-order valence-electron chi connectivity index (χ3n) is 2.24. The lowest BCUT2D eigenvalue weighted by Gasteiger charge is -2.07. The van der Waals surface area contributed by atoms with Crippen molar-refractivity contribution in [3.63, 3.8) is 0 Å². The van der Waals surface area contributed by atoms with Crippen molar-refractivity contribution < 1.29 is 9.84 Å². The molecule has 0 heterocycles. The van der Waals surface area contributed by atoms with E-state index in [2.05, 4.69) is 15.9 Å². The van der Waals surface area contributed by atoms with E-state index in [0.29, 0.717) is 16.3 Å². The molecule has 0 aliphatic rings. The Morgan fingerprint density at radius 2 is 1.71 bits per heavy atom. The van der Waals surface area contributed by atoms with Gasteiger partial charge in [-0.25, -0.2) is 0 Å². The molecule has 1 N–H and O–H groups in total. The molecule has 2 aromatic rings. The maximum atomic E-state index is 9.00. The fourth-order valence-corrected chi connectivity index (χ4v) is 1.85. The van der Waals surface area contributed by atoms with Gasteiger partial charge < -0.3 is 9.84 Å². The van der Waals surface area contributed by atoms with Gasteiger partial charge in [0, 0.05) is 9.50 Å². The molecule has 0 saturated carbocycles. The lowest BCUT2D eigenvalue weighted by Crippen LogP contribution is -1.88. The Bertz CT molecular complexity index is 511. The van der Waals surface area contributed by atoms with Crippen LogP contribution in [0.2, 0.25) is 5.02 Å². The second kappa shape index (κ2) is 5.54. The molecule has 0 unspecified atom stereocenters. The smallest absolute Gasteiger partial charge is 0.128 e. The maximum Gasteiger partial charge on any atom is 0.128 e. The highest BCUT2D eigenvalue weighted by Gasteiger charge is 2.02. The van der Waals surface area contributed by atoms with Crippen LogP contribution in [0.5, 0.6) is 11.5 Å². The van der Waals surface area contributed by atoms with Crippen LogP contribution < -0.4 is 4.74 Å². The highest BCUT2D eigenvalue weighted by atomic mass is 79.9. The molecule has 0 aromatic heterocycles. The molecule has 0 bridgehead atoms. The zero-order chi connectivity index (χ0) is 12.3. The van der Waals surface area contributed by atoms with E-state index in [9.17, 15) is 0 Å². The Balaban J connectivity index is 2.19. The molecule has 0 saturated heterocycles. The highest BCUT2D eigenvalue weighted by Crippen LogP contribution is 2.27. The first-order valence-electron chi connectivity index (χ1n) is 5.02. The van der Waals surface area contributed by atoms with Gasteiger partial charge in [0.25, 0.3) is 0 Å². The molecular weight excluding hydrogens is 303 g/mol. The largest absolute Gasteiger partial charge is 0.457 e. The zero-order valence-corrected chi connectivity index (χ0v) is 11.2. The summed E-state index contributed by atoms with van der Waals surface area (Å²) < 4.78 is 6.63. The quantitative estimate of drug-likeness (QED) is 0.911. The van der Waals surface area contributed by atoms with Crippen LogP contribution in [-0.2, 0) is 6.61 Å². The molecule has 0 aliphatic heterocycles. The molecule has 4 heteroatoms. The number of aliphatic hydroxyl groups excluding tert-OH is 1. The summed E-state index contributed by atoms with van der Waals surface area (Å²) in [6.07, 6.45) is 0. The topological polar surface area (TPSA) is 29.5 Å². The lowest BCUT2D eigenvalue weighted by atomic mass is 10.2. The van der Waals surface area contributed by atoms with E-state index in [1.165, 1.54) is 0 Å². The molecule has 2 nitrogen and oxygen atoms in total.